The molecule has 0 aliphatic heterocycles. The molecule has 0 spiro atoms. The van der Waals surface area contributed by atoms with Crippen LogP contribution in [-0.2, 0) is 20.1 Å². The van der Waals surface area contributed by atoms with E-state index in [4.69, 9.17) is 11.6 Å². The molecular weight excluding hydrogens is 519 g/mol. The van der Waals surface area contributed by atoms with Crippen LogP contribution in [0.1, 0.15) is 10.6 Å². The van der Waals surface area contributed by atoms with Gasteiger partial charge in [-0.2, -0.15) is 10.1 Å². The molecule has 0 bridgehead atoms. The van der Waals surface area contributed by atoms with Gasteiger partial charge in [0, 0.05) is 41.8 Å². The molecule has 5 rings (SSSR count). The fourth-order valence-electron chi connectivity index (χ4n) is 3.61. The molecule has 0 amide bonds. The number of aromatic nitrogens is 6. The molecule has 184 valence electrons. The highest BCUT2D eigenvalue weighted by Gasteiger charge is 2.19. The van der Waals surface area contributed by atoms with Gasteiger partial charge in [0.1, 0.15) is 10.8 Å². The Labute approximate surface area is 209 Å². The number of benzene rings is 2. The Kier molecular flexibility index (Phi) is 6.10. The molecule has 14 heteroatoms. The maximum atomic E-state index is 14.5. The smallest absolute Gasteiger partial charge is 0.324 e. The zero-order valence-corrected chi connectivity index (χ0v) is 19.9. The predicted octanol–water partition coefficient (Wildman–Crippen LogP) is 3.66. The molecule has 0 saturated heterocycles. The summed E-state index contributed by atoms with van der Waals surface area (Å²) in [5.74, 6) is -4.00. The molecule has 1 N–H and O–H groups in total. The minimum atomic E-state index is -1.37. The van der Waals surface area contributed by atoms with Gasteiger partial charge in [0.05, 0.1) is 29.3 Å². The van der Waals surface area contributed by atoms with Gasteiger partial charge in [-0.1, -0.05) is 11.6 Å². The molecule has 0 radical (unpaired) electrons. The highest BCUT2D eigenvalue weighted by atomic mass is 35.5. The van der Waals surface area contributed by atoms with Gasteiger partial charge in [-0.25, -0.2) is 32.3 Å². The number of fused-ring (bicyclic) bond motifs is 1. The van der Waals surface area contributed by atoms with Crippen LogP contribution >= 0.6 is 22.9 Å². The Morgan fingerprint density at radius 2 is 1.81 bits per heavy atom. The average molecular weight is 534 g/mol. The van der Waals surface area contributed by atoms with Crippen molar-refractivity contribution < 1.29 is 13.2 Å². The summed E-state index contributed by atoms with van der Waals surface area (Å²) in [5, 5.41) is 10.2. The third-order valence-corrected chi connectivity index (χ3v) is 6.38. The summed E-state index contributed by atoms with van der Waals surface area (Å²) in [6.07, 6.45) is 3.25. The molecule has 0 atom stereocenters. The monoisotopic (exact) mass is 533 g/mol. The molecule has 9 nitrogen and oxygen atoms in total. The second kappa shape index (κ2) is 9.24. The molecule has 3 heterocycles. The van der Waals surface area contributed by atoms with E-state index in [0.717, 1.165) is 9.13 Å². The fraction of sp³-hybridized carbons (Fsp3) is 0.136. The Morgan fingerprint density at radius 3 is 2.56 bits per heavy atom. The standard InChI is InChI=1S/C22H15ClF3N7O2S/c1-31-8-12-5-18(13(23)6-17(12)30-31)28-20-29-21(34)33(10-19-27-2-3-36-19)22(35)32(20)9-11-4-15(25)16(26)7-14(11)24/h2-8H,9-10H2,1H3,(H,28,29,34). The van der Waals surface area contributed by atoms with E-state index >= 15 is 0 Å². The SMILES string of the molecule is Cn1cc2cc(Nc3nc(=O)n(Cc4nccs4)c(=O)n3Cc3cc(F)c(F)cc3F)c(Cl)cc2n1. The number of anilines is 2. The lowest BCUT2D eigenvalue weighted by molar-refractivity contribution is 0.485. The lowest BCUT2D eigenvalue weighted by Crippen LogP contribution is -2.43. The Balaban J connectivity index is 1.65. The summed E-state index contributed by atoms with van der Waals surface area (Å²) < 4.78 is 45.1. The number of nitrogens with one attached hydrogen (secondary N) is 1. The van der Waals surface area contributed by atoms with Gasteiger partial charge in [0.2, 0.25) is 5.95 Å². The van der Waals surface area contributed by atoms with Crippen LogP contribution < -0.4 is 16.7 Å². The van der Waals surface area contributed by atoms with E-state index < -0.39 is 35.4 Å². The molecule has 5 aromatic rings. The first kappa shape index (κ1) is 23.8. The summed E-state index contributed by atoms with van der Waals surface area (Å²) >= 11 is 7.60. The summed E-state index contributed by atoms with van der Waals surface area (Å²) in [6, 6.07) is 4.25. The normalized spacial score (nSPS) is 11.4. The van der Waals surface area contributed by atoms with Crippen molar-refractivity contribution in [2.75, 3.05) is 5.32 Å². The first-order chi connectivity index (χ1) is 17.2. The van der Waals surface area contributed by atoms with Crippen molar-refractivity contribution in [1.82, 2.24) is 28.9 Å². The zero-order valence-electron chi connectivity index (χ0n) is 18.4. The van der Waals surface area contributed by atoms with Crippen molar-refractivity contribution in [1.29, 1.82) is 0 Å². The van der Waals surface area contributed by atoms with Crippen molar-refractivity contribution in [3.63, 3.8) is 0 Å². The molecule has 0 saturated carbocycles. The van der Waals surface area contributed by atoms with E-state index in [1.807, 2.05) is 0 Å². The number of rotatable bonds is 6. The topological polar surface area (TPSA) is 99.6 Å². The van der Waals surface area contributed by atoms with Crippen LogP contribution in [0.4, 0.5) is 24.8 Å². The first-order valence-corrected chi connectivity index (χ1v) is 11.6. The Morgan fingerprint density at radius 1 is 1.03 bits per heavy atom. The molecule has 3 aromatic heterocycles. The number of aryl methyl sites for hydroxylation is 1. The maximum absolute atomic E-state index is 14.5. The second-order valence-electron chi connectivity index (χ2n) is 7.78. The number of thiazole rings is 1. The minimum absolute atomic E-state index is 0.175. The van der Waals surface area contributed by atoms with E-state index in [1.165, 1.54) is 17.5 Å². The van der Waals surface area contributed by atoms with Crippen LogP contribution in [0.5, 0.6) is 0 Å². The van der Waals surface area contributed by atoms with Crippen molar-refractivity contribution in [3.05, 3.63) is 96.1 Å². The summed E-state index contributed by atoms with van der Waals surface area (Å²) in [5.41, 5.74) is -1.18. The van der Waals surface area contributed by atoms with Crippen LogP contribution in [0.15, 0.2) is 51.6 Å². The molecule has 36 heavy (non-hydrogen) atoms. The quantitative estimate of drug-likeness (QED) is 0.334. The number of halogens is 4. The van der Waals surface area contributed by atoms with E-state index in [1.54, 1.807) is 35.4 Å². The second-order valence-corrected chi connectivity index (χ2v) is 9.16. The van der Waals surface area contributed by atoms with Crippen LogP contribution in [0, 0.1) is 17.5 Å². The zero-order chi connectivity index (χ0) is 25.6. The summed E-state index contributed by atoms with van der Waals surface area (Å²) in [6.45, 7) is -0.729. The van der Waals surface area contributed by atoms with Crippen LogP contribution in [-0.4, -0.2) is 28.9 Å². The molecular formula is C22H15ClF3N7O2S. The Hall–Kier alpha value is -3.97. The van der Waals surface area contributed by atoms with E-state index in [-0.39, 0.29) is 23.1 Å². The van der Waals surface area contributed by atoms with Crippen LogP contribution in [0.25, 0.3) is 10.9 Å². The lowest BCUT2D eigenvalue weighted by atomic mass is 10.2. The van der Waals surface area contributed by atoms with E-state index in [0.29, 0.717) is 33.7 Å². The fourth-order valence-corrected chi connectivity index (χ4v) is 4.42. The highest BCUT2D eigenvalue weighted by molar-refractivity contribution is 7.09. The van der Waals surface area contributed by atoms with Gasteiger partial charge < -0.3 is 5.32 Å². The van der Waals surface area contributed by atoms with E-state index in [9.17, 15) is 22.8 Å². The molecule has 0 aliphatic rings. The lowest BCUT2D eigenvalue weighted by Gasteiger charge is -2.16. The highest BCUT2D eigenvalue weighted by Crippen LogP contribution is 2.29. The van der Waals surface area contributed by atoms with Crippen molar-refractivity contribution in [3.8, 4) is 0 Å². The predicted molar refractivity (Wildman–Crippen MR) is 128 cm³/mol. The van der Waals surface area contributed by atoms with Gasteiger partial charge in [-0.05, 0) is 18.2 Å². The van der Waals surface area contributed by atoms with E-state index in [2.05, 4.69) is 20.4 Å². The summed E-state index contributed by atoms with van der Waals surface area (Å²) in [4.78, 5) is 34.2. The molecule has 2 aromatic carbocycles. The number of nitrogens with zero attached hydrogens (tertiary/aromatic N) is 6. The molecule has 0 unspecified atom stereocenters. The molecule has 0 fully saturated rings. The van der Waals surface area contributed by atoms with Gasteiger partial charge in [-0.3, -0.25) is 9.25 Å². The number of hydrogen-bond donors (Lipinski definition) is 1. The van der Waals surface area contributed by atoms with Crippen molar-refractivity contribution in [2.24, 2.45) is 7.05 Å². The maximum Gasteiger partial charge on any atom is 0.355 e. The van der Waals surface area contributed by atoms with Gasteiger partial charge in [-0.15, -0.1) is 11.3 Å². The Bertz CT molecular complexity index is 1730. The largest absolute Gasteiger partial charge is 0.355 e. The third-order valence-electron chi connectivity index (χ3n) is 5.30. The van der Waals surface area contributed by atoms with Gasteiger partial charge in [0.25, 0.3) is 0 Å². The first-order valence-electron chi connectivity index (χ1n) is 10.3. The molecule has 0 aliphatic carbocycles. The van der Waals surface area contributed by atoms with Crippen molar-refractivity contribution in [2.45, 2.75) is 13.1 Å². The van der Waals surface area contributed by atoms with Crippen LogP contribution in [0.3, 0.4) is 0 Å². The number of hydrogen-bond acceptors (Lipinski definition) is 7. The third kappa shape index (κ3) is 4.50. The van der Waals surface area contributed by atoms with Crippen molar-refractivity contribution >= 4 is 45.5 Å². The van der Waals surface area contributed by atoms with Crippen LogP contribution in [0.2, 0.25) is 5.02 Å². The minimum Gasteiger partial charge on any atom is -0.324 e. The summed E-state index contributed by atoms with van der Waals surface area (Å²) in [7, 11) is 1.73. The van der Waals surface area contributed by atoms with Gasteiger partial charge >= 0.3 is 11.4 Å². The van der Waals surface area contributed by atoms with Gasteiger partial charge in [0.15, 0.2) is 11.6 Å². The average Bonchev–Trinajstić information content (AvgIpc) is 3.46.